The largest absolute Gasteiger partial charge is 0.392 e. The highest BCUT2D eigenvalue weighted by Gasteiger charge is 2.21. The van der Waals surface area contributed by atoms with Gasteiger partial charge in [-0.2, -0.15) is 0 Å². The van der Waals surface area contributed by atoms with E-state index in [0.29, 0.717) is 19.6 Å². The van der Waals surface area contributed by atoms with E-state index in [4.69, 9.17) is 0 Å². The van der Waals surface area contributed by atoms with E-state index in [9.17, 15) is 15.3 Å². The van der Waals surface area contributed by atoms with Crippen molar-refractivity contribution in [2.75, 3.05) is 26.7 Å². The van der Waals surface area contributed by atoms with Gasteiger partial charge < -0.3 is 15.3 Å². The first-order valence-electron chi connectivity index (χ1n) is 21.9. The smallest absolute Gasteiger partial charge is 0.0681 e. The normalized spacial score (nSPS) is 13.9. The van der Waals surface area contributed by atoms with Gasteiger partial charge in [0.1, 0.15) is 0 Å². The van der Waals surface area contributed by atoms with E-state index in [1.807, 2.05) is 7.05 Å². The Hall–Kier alpha value is -0.200. The number of rotatable bonds is 40. The minimum Gasteiger partial charge on any atom is -0.392 e. The van der Waals surface area contributed by atoms with Crippen molar-refractivity contribution in [3.8, 4) is 0 Å². The van der Waals surface area contributed by atoms with E-state index in [1.165, 1.54) is 173 Å². The summed E-state index contributed by atoms with van der Waals surface area (Å²) in [7, 11) is 2.03. The lowest BCUT2D eigenvalue weighted by molar-refractivity contribution is -0.0801. The van der Waals surface area contributed by atoms with Crippen LogP contribution in [-0.2, 0) is 0 Å². The van der Waals surface area contributed by atoms with E-state index in [0.717, 1.165) is 38.5 Å². The fourth-order valence-electron chi connectivity index (χ4n) is 7.14. The number of nitrogens with zero attached hydrogens (tertiary/aromatic N) is 2. The molecule has 48 heavy (non-hydrogen) atoms. The number of aliphatic hydroxyl groups excluding tert-OH is 3. The average molecular weight is 683 g/mol. The third-order valence-electron chi connectivity index (χ3n) is 10.5. The van der Waals surface area contributed by atoms with Crippen LogP contribution in [0.1, 0.15) is 233 Å². The van der Waals surface area contributed by atoms with Crippen LogP contribution in [0, 0.1) is 0 Å². The molecule has 0 aliphatic rings. The summed E-state index contributed by atoms with van der Waals surface area (Å²) in [6, 6.07) is 0. The van der Waals surface area contributed by atoms with Crippen molar-refractivity contribution in [2.24, 2.45) is 0 Å². The van der Waals surface area contributed by atoms with E-state index in [1.54, 1.807) is 0 Å². The topological polar surface area (TPSA) is 67.2 Å². The molecule has 0 aromatic rings. The Morgan fingerprint density at radius 1 is 0.312 bits per heavy atom. The monoisotopic (exact) mass is 683 g/mol. The second-order valence-electron chi connectivity index (χ2n) is 15.6. The van der Waals surface area contributed by atoms with Gasteiger partial charge in [-0.1, -0.05) is 213 Å². The molecule has 0 fully saturated rings. The summed E-state index contributed by atoms with van der Waals surface area (Å²) in [5.41, 5.74) is 0. The van der Waals surface area contributed by atoms with Gasteiger partial charge in [0.2, 0.25) is 0 Å². The molecule has 5 heteroatoms. The highest BCUT2D eigenvalue weighted by atomic mass is 16.3. The van der Waals surface area contributed by atoms with E-state index >= 15 is 0 Å². The van der Waals surface area contributed by atoms with Crippen LogP contribution in [0.5, 0.6) is 0 Å². The zero-order chi connectivity index (χ0) is 35.3. The van der Waals surface area contributed by atoms with Crippen LogP contribution in [0.4, 0.5) is 0 Å². The van der Waals surface area contributed by atoms with Gasteiger partial charge in [0, 0.05) is 26.7 Å². The van der Waals surface area contributed by atoms with E-state index in [-0.39, 0.29) is 6.10 Å². The lowest BCUT2D eigenvalue weighted by atomic mass is 10.0. The maximum absolute atomic E-state index is 11.0. The minimum atomic E-state index is -0.398. The second-order valence-corrected chi connectivity index (χ2v) is 15.6. The van der Waals surface area contributed by atoms with Crippen LogP contribution in [0.2, 0.25) is 0 Å². The molecule has 0 aromatic heterocycles. The molecule has 0 amide bonds. The maximum Gasteiger partial charge on any atom is 0.0681 e. The molecule has 0 saturated heterocycles. The van der Waals surface area contributed by atoms with Crippen molar-refractivity contribution in [1.29, 1.82) is 0 Å². The Kier molecular flexibility index (Phi) is 37.9. The number of hydrogen-bond acceptors (Lipinski definition) is 5. The molecule has 290 valence electrons. The van der Waals surface area contributed by atoms with Gasteiger partial charge >= 0.3 is 0 Å². The number of likely N-dealkylation sites (N-methyl/N-ethyl adjacent to an activating group) is 1. The SMILES string of the molecule is CCCCCCCCCCCCC(O)CN(C)N(CC(O)CCCCCCCCCCCC)CC(O)CCCCCCCCCCCC. The lowest BCUT2D eigenvalue weighted by Crippen LogP contribution is -2.50. The molecule has 3 N–H and O–H groups in total. The molecule has 0 aliphatic carbocycles. The van der Waals surface area contributed by atoms with Crippen LogP contribution >= 0.6 is 0 Å². The zero-order valence-electron chi connectivity index (χ0n) is 33.4. The van der Waals surface area contributed by atoms with Gasteiger partial charge in [-0.3, -0.25) is 0 Å². The van der Waals surface area contributed by atoms with E-state index in [2.05, 4.69) is 30.8 Å². The Bertz CT molecular complexity index is 575. The lowest BCUT2D eigenvalue weighted by Gasteiger charge is -2.36. The number of hydrazine groups is 1. The summed E-state index contributed by atoms with van der Waals surface area (Å²) in [5.74, 6) is 0. The molecule has 3 unspecified atom stereocenters. The van der Waals surface area contributed by atoms with Gasteiger partial charge in [0.15, 0.2) is 0 Å². The third-order valence-corrected chi connectivity index (χ3v) is 10.5. The second kappa shape index (κ2) is 38.0. The Morgan fingerprint density at radius 3 is 0.771 bits per heavy atom. The summed E-state index contributed by atoms with van der Waals surface area (Å²) in [6.45, 7) is 8.46. The summed E-state index contributed by atoms with van der Waals surface area (Å²) >= 11 is 0. The number of aliphatic hydroxyl groups is 3. The van der Waals surface area contributed by atoms with E-state index < -0.39 is 12.2 Å². The fraction of sp³-hybridized carbons (Fsp3) is 1.00. The Labute approximate surface area is 302 Å². The van der Waals surface area contributed by atoms with Crippen LogP contribution in [0.3, 0.4) is 0 Å². The fourth-order valence-corrected chi connectivity index (χ4v) is 7.14. The highest BCUT2D eigenvalue weighted by molar-refractivity contribution is 4.70. The number of hydrogen-bond donors (Lipinski definition) is 3. The summed E-state index contributed by atoms with van der Waals surface area (Å²) in [4.78, 5) is 0. The molecule has 0 rings (SSSR count). The maximum atomic E-state index is 11.0. The summed E-state index contributed by atoms with van der Waals surface area (Å²) < 4.78 is 0. The molecule has 0 radical (unpaired) electrons. The molecular weight excluding hydrogens is 592 g/mol. The Morgan fingerprint density at radius 2 is 0.521 bits per heavy atom. The molecule has 0 aliphatic heterocycles. The standard InChI is InChI=1S/C43H90N2O3/c1-5-8-11-14-17-20-23-26-29-32-35-41(46)38-44(4)45(39-42(47)36-33-30-27-24-21-18-15-12-9-6-2)40-43(48)37-34-31-28-25-22-19-16-13-10-7-3/h41-43,46-48H,5-40H2,1-4H3. The van der Waals surface area contributed by atoms with Crippen LogP contribution in [0.15, 0.2) is 0 Å². The Balaban J connectivity index is 4.48. The quantitative estimate of drug-likeness (QED) is 0.0443. The minimum absolute atomic E-state index is 0.371. The van der Waals surface area contributed by atoms with Gasteiger partial charge in [-0.25, -0.2) is 10.0 Å². The third kappa shape index (κ3) is 34.3. The first-order chi connectivity index (χ1) is 23.4. The molecule has 0 spiro atoms. The van der Waals surface area contributed by atoms with Crippen molar-refractivity contribution < 1.29 is 15.3 Å². The zero-order valence-corrected chi connectivity index (χ0v) is 33.4. The first kappa shape index (κ1) is 47.8. The molecular formula is C43H90N2O3. The van der Waals surface area contributed by atoms with Gasteiger partial charge in [-0.05, 0) is 19.3 Å². The van der Waals surface area contributed by atoms with Crippen molar-refractivity contribution in [2.45, 2.75) is 251 Å². The number of unbranched alkanes of at least 4 members (excludes halogenated alkanes) is 27. The van der Waals surface area contributed by atoms with Crippen molar-refractivity contribution in [3.05, 3.63) is 0 Å². The molecule has 0 bridgehead atoms. The molecule has 0 saturated carbocycles. The molecule has 3 atom stereocenters. The van der Waals surface area contributed by atoms with Crippen molar-refractivity contribution in [1.82, 2.24) is 10.0 Å². The van der Waals surface area contributed by atoms with Crippen molar-refractivity contribution >= 4 is 0 Å². The van der Waals surface area contributed by atoms with Crippen LogP contribution in [-0.4, -0.2) is 70.3 Å². The predicted molar refractivity (Wildman–Crippen MR) is 212 cm³/mol. The summed E-state index contributed by atoms with van der Waals surface area (Å²) in [6.07, 6.45) is 40.4. The molecule has 0 aromatic carbocycles. The van der Waals surface area contributed by atoms with Gasteiger partial charge in [0.05, 0.1) is 18.3 Å². The average Bonchev–Trinajstić information content (AvgIpc) is 3.07. The predicted octanol–water partition coefficient (Wildman–Crippen LogP) is 12.2. The highest BCUT2D eigenvalue weighted by Crippen LogP contribution is 2.17. The van der Waals surface area contributed by atoms with Crippen LogP contribution in [0.25, 0.3) is 0 Å². The first-order valence-corrected chi connectivity index (χ1v) is 21.9. The van der Waals surface area contributed by atoms with Gasteiger partial charge in [-0.15, -0.1) is 0 Å². The summed E-state index contributed by atoms with van der Waals surface area (Å²) in [5, 5.41) is 37.1. The molecule has 0 heterocycles. The van der Waals surface area contributed by atoms with Crippen LogP contribution < -0.4 is 0 Å². The van der Waals surface area contributed by atoms with Gasteiger partial charge in [0.25, 0.3) is 0 Å². The van der Waals surface area contributed by atoms with Crippen molar-refractivity contribution in [3.63, 3.8) is 0 Å². The molecule has 5 nitrogen and oxygen atoms in total.